The number of urea groups is 1. The van der Waals surface area contributed by atoms with Crippen LogP contribution in [0.2, 0.25) is 0 Å². The van der Waals surface area contributed by atoms with E-state index < -0.39 is 23.7 Å². The van der Waals surface area contributed by atoms with Crippen LogP contribution in [0.4, 0.5) is 14.9 Å². The van der Waals surface area contributed by atoms with Crippen LogP contribution in [0.15, 0.2) is 18.2 Å². The molecule has 0 aliphatic rings. The molecule has 1 aromatic carbocycles. The van der Waals surface area contributed by atoms with Gasteiger partial charge in [0.25, 0.3) is 0 Å². The second-order valence-corrected chi connectivity index (χ2v) is 4.58. The van der Waals surface area contributed by atoms with Crippen LogP contribution in [0.3, 0.4) is 0 Å². The van der Waals surface area contributed by atoms with E-state index in [1.54, 1.807) is 22.6 Å². The number of imide groups is 1. The smallest absolute Gasteiger partial charge is 0.325 e. The van der Waals surface area contributed by atoms with E-state index in [2.05, 4.69) is 5.32 Å². The molecule has 0 aliphatic carbocycles. The highest BCUT2D eigenvalue weighted by Gasteiger charge is 2.12. The molecular formula is C11H10FIN2O4. The van der Waals surface area contributed by atoms with Crippen molar-refractivity contribution in [1.82, 2.24) is 5.32 Å². The summed E-state index contributed by atoms with van der Waals surface area (Å²) in [6.45, 7) is 0. The SMILES string of the molecule is O=C(O)CCC(=O)NC(=O)Nc1cccc(F)c1I. The van der Waals surface area contributed by atoms with Crippen LogP contribution in [-0.4, -0.2) is 23.0 Å². The summed E-state index contributed by atoms with van der Waals surface area (Å²) in [5.41, 5.74) is 0.226. The summed E-state index contributed by atoms with van der Waals surface area (Å²) in [5, 5.41) is 12.6. The van der Waals surface area contributed by atoms with Crippen molar-refractivity contribution in [2.24, 2.45) is 0 Å². The van der Waals surface area contributed by atoms with Gasteiger partial charge in [0, 0.05) is 6.42 Å². The Morgan fingerprint density at radius 1 is 1.26 bits per heavy atom. The lowest BCUT2D eigenvalue weighted by Crippen LogP contribution is -2.34. The van der Waals surface area contributed by atoms with E-state index in [1.807, 2.05) is 5.32 Å². The molecular weight excluding hydrogens is 370 g/mol. The van der Waals surface area contributed by atoms with Gasteiger partial charge >= 0.3 is 12.0 Å². The van der Waals surface area contributed by atoms with E-state index in [1.165, 1.54) is 18.2 Å². The highest BCUT2D eigenvalue weighted by atomic mass is 127. The number of anilines is 1. The van der Waals surface area contributed by atoms with Gasteiger partial charge in [0.1, 0.15) is 5.82 Å². The number of nitrogens with one attached hydrogen (secondary N) is 2. The summed E-state index contributed by atoms with van der Waals surface area (Å²) in [5.74, 6) is -2.34. The quantitative estimate of drug-likeness (QED) is 0.696. The predicted octanol–water partition coefficient (Wildman–Crippen LogP) is 1.94. The topological polar surface area (TPSA) is 95.5 Å². The molecule has 19 heavy (non-hydrogen) atoms. The minimum Gasteiger partial charge on any atom is -0.481 e. The molecule has 0 aromatic heterocycles. The fraction of sp³-hybridized carbons (Fsp3) is 0.182. The molecule has 0 radical (unpaired) electrons. The molecule has 8 heteroatoms. The van der Waals surface area contributed by atoms with Gasteiger partial charge in [-0.3, -0.25) is 14.9 Å². The van der Waals surface area contributed by atoms with Crippen molar-refractivity contribution in [2.45, 2.75) is 12.8 Å². The van der Waals surface area contributed by atoms with E-state index in [0.717, 1.165) is 0 Å². The molecule has 6 nitrogen and oxygen atoms in total. The van der Waals surface area contributed by atoms with Gasteiger partial charge in [-0.1, -0.05) is 6.07 Å². The number of carboxylic acids is 1. The minimum atomic E-state index is -1.13. The Hall–Kier alpha value is -1.71. The molecule has 1 rings (SSSR count). The normalized spacial score (nSPS) is 9.79. The summed E-state index contributed by atoms with van der Waals surface area (Å²) < 4.78 is 13.4. The molecule has 0 spiro atoms. The zero-order valence-corrected chi connectivity index (χ0v) is 11.7. The van der Waals surface area contributed by atoms with Crippen molar-refractivity contribution >= 4 is 46.2 Å². The second kappa shape index (κ2) is 7.02. The summed E-state index contributed by atoms with van der Waals surface area (Å²) in [6.07, 6.45) is -0.667. The van der Waals surface area contributed by atoms with Gasteiger partial charge in [-0.25, -0.2) is 9.18 Å². The lowest BCUT2D eigenvalue weighted by molar-refractivity contribution is -0.138. The van der Waals surface area contributed by atoms with Crippen molar-refractivity contribution in [1.29, 1.82) is 0 Å². The van der Waals surface area contributed by atoms with Gasteiger partial charge in [-0.15, -0.1) is 0 Å². The van der Waals surface area contributed by atoms with Crippen molar-refractivity contribution in [2.75, 3.05) is 5.32 Å². The lowest BCUT2D eigenvalue weighted by Gasteiger charge is -2.08. The maximum atomic E-state index is 13.2. The first kappa shape index (κ1) is 15.3. The third-order valence-electron chi connectivity index (χ3n) is 2.02. The zero-order valence-electron chi connectivity index (χ0n) is 9.57. The largest absolute Gasteiger partial charge is 0.481 e. The highest BCUT2D eigenvalue weighted by molar-refractivity contribution is 14.1. The molecule has 1 aromatic rings. The average Bonchev–Trinajstić information content (AvgIpc) is 2.32. The number of carbonyl (C=O) groups is 3. The minimum absolute atomic E-state index is 0.216. The Kier molecular flexibility index (Phi) is 5.67. The standard InChI is InChI=1S/C11H10FIN2O4/c12-6-2-1-3-7(10(6)13)14-11(19)15-8(16)4-5-9(17)18/h1-3H,4-5H2,(H,17,18)(H2,14,15,16,19). The van der Waals surface area contributed by atoms with E-state index in [0.29, 0.717) is 0 Å². The summed E-state index contributed by atoms with van der Waals surface area (Å²) in [7, 11) is 0. The van der Waals surface area contributed by atoms with Crippen LogP contribution in [0.1, 0.15) is 12.8 Å². The van der Waals surface area contributed by atoms with E-state index in [-0.39, 0.29) is 22.1 Å². The van der Waals surface area contributed by atoms with Crippen molar-refractivity contribution in [3.8, 4) is 0 Å². The Morgan fingerprint density at radius 2 is 1.95 bits per heavy atom. The Labute approximate surface area is 121 Å². The van der Waals surface area contributed by atoms with Crippen LogP contribution >= 0.6 is 22.6 Å². The third kappa shape index (κ3) is 5.20. The first-order chi connectivity index (χ1) is 8.90. The van der Waals surface area contributed by atoms with Gasteiger partial charge in [0.05, 0.1) is 15.7 Å². The van der Waals surface area contributed by atoms with E-state index >= 15 is 0 Å². The summed E-state index contributed by atoms with van der Waals surface area (Å²) in [4.78, 5) is 32.8. The molecule has 0 unspecified atom stereocenters. The molecule has 0 heterocycles. The van der Waals surface area contributed by atoms with Gasteiger partial charge < -0.3 is 10.4 Å². The van der Waals surface area contributed by atoms with Crippen LogP contribution in [-0.2, 0) is 9.59 Å². The van der Waals surface area contributed by atoms with Crippen LogP contribution in [0.25, 0.3) is 0 Å². The van der Waals surface area contributed by atoms with E-state index in [9.17, 15) is 18.8 Å². The first-order valence-electron chi connectivity index (χ1n) is 5.17. The number of benzene rings is 1. The fourth-order valence-electron chi connectivity index (χ4n) is 1.16. The average molecular weight is 380 g/mol. The number of hydrogen-bond donors (Lipinski definition) is 3. The predicted molar refractivity (Wildman–Crippen MR) is 73.1 cm³/mol. The van der Waals surface area contributed by atoms with Crippen molar-refractivity contribution in [3.05, 3.63) is 27.6 Å². The third-order valence-corrected chi connectivity index (χ3v) is 3.12. The molecule has 0 saturated heterocycles. The number of amides is 3. The fourth-order valence-corrected chi connectivity index (χ4v) is 1.66. The number of carbonyl (C=O) groups excluding carboxylic acids is 2. The van der Waals surface area contributed by atoms with Gasteiger partial charge in [-0.2, -0.15) is 0 Å². The molecule has 0 aliphatic heterocycles. The van der Waals surface area contributed by atoms with Gasteiger partial charge in [0.15, 0.2) is 0 Å². The first-order valence-corrected chi connectivity index (χ1v) is 6.24. The zero-order chi connectivity index (χ0) is 14.4. The van der Waals surface area contributed by atoms with E-state index in [4.69, 9.17) is 5.11 Å². The second-order valence-electron chi connectivity index (χ2n) is 3.50. The highest BCUT2D eigenvalue weighted by Crippen LogP contribution is 2.20. The maximum Gasteiger partial charge on any atom is 0.325 e. The molecule has 0 bridgehead atoms. The maximum absolute atomic E-state index is 13.2. The van der Waals surface area contributed by atoms with Crippen molar-refractivity contribution < 1.29 is 23.9 Å². The Morgan fingerprint density at radius 3 is 2.58 bits per heavy atom. The van der Waals surface area contributed by atoms with Gasteiger partial charge in [0.2, 0.25) is 5.91 Å². The monoisotopic (exact) mass is 380 g/mol. The van der Waals surface area contributed by atoms with Crippen LogP contribution < -0.4 is 10.6 Å². The van der Waals surface area contributed by atoms with Crippen LogP contribution in [0, 0.1) is 9.39 Å². The molecule has 0 atom stereocenters. The summed E-state index contributed by atoms with van der Waals surface area (Å²) >= 11 is 1.72. The number of halogens is 2. The Balaban J connectivity index is 2.53. The number of carboxylic acid groups (broad SMARTS) is 1. The lowest BCUT2D eigenvalue weighted by atomic mass is 10.3. The Bertz CT molecular complexity index is 521. The van der Waals surface area contributed by atoms with Crippen molar-refractivity contribution in [3.63, 3.8) is 0 Å². The molecule has 0 saturated carbocycles. The number of hydrogen-bond acceptors (Lipinski definition) is 3. The molecule has 3 N–H and O–H groups in total. The number of aliphatic carboxylic acids is 1. The summed E-state index contributed by atoms with van der Waals surface area (Å²) in [6, 6.07) is 3.30. The number of rotatable bonds is 4. The molecule has 0 fully saturated rings. The molecule has 3 amide bonds. The van der Waals surface area contributed by atoms with Gasteiger partial charge in [-0.05, 0) is 34.7 Å². The molecule has 102 valence electrons. The van der Waals surface area contributed by atoms with Crippen LogP contribution in [0.5, 0.6) is 0 Å².